The monoisotopic (exact) mass is 338 g/mol. The maximum Gasteiger partial charge on any atom is 0.243 e. The van der Waals surface area contributed by atoms with Gasteiger partial charge in [0.1, 0.15) is 0 Å². The van der Waals surface area contributed by atoms with E-state index in [9.17, 15) is 4.79 Å². The van der Waals surface area contributed by atoms with Gasteiger partial charge in [-0.1, -0.05) is 6.92 Å². The van der Waals surface area contributed by atoms with E-state index in [-0.39, 0.29) is 5.91 Å². The second-order valence-corrected chi connectivity index (χ2v) is 7.14. The fourth-order valence-electron chi connectivity index (χ4n) is 1.94. The molecule has 120 valence electrons. The Morgan fingerprint density at radius 2 is 2.27 bits per heavy atom. The quantitative estimate of drug-likeness (QED) is 0.644. The highest BCUT2D eigenvalue weighted by atomic mass is 32.2. The van der Waals surface area contributed by atoms with E-state index < -0.39 is 6.04 Å². The molecule has 0 spiro atoms. The first-order valence-corrected chi connectivity index (χ1v) is 9.70. The van der Waals surface area contributed by atoms with Crippen LogP contribution in [0.1, 0.15) is 19.8 Å². The molecular weight excluding hydrogens is 316 g/mol. The van der Waals surface area contributed by atoms with E-state index in [1.807, 2.05) is 30.2 Å². The molecule has 0 saturated carbocycles. The number of hydrogen-bond donors (Lipinski definition) is 3. The average Bonchev–Trinajstić information content (AvgIpc) is 2.91. The molecule has 0 radical (unpaired) electrons. The second-order valence-electron chi connectivity index (χ2n) is 4.99. The Bertz CT molecular complexity index is 629. The molecule has 1 amide bonds. The van der Waals surface area contributed by atoms with Crippen molar-refractivity contribution in [1.29, 1.82) is 0 Å². The lowest BCUT2D eigenvalue weighted by Gasteiger charge is -2.09. The topological polar surface area (TPSA) is 83.8 Å². The van der Waals surface area contributed by atoms with Gasteiger partial charge in [0.25, 0.3) is 0 Å². The molecule has 1 aromatic carbocycles. The van der Waals surface area contributed by atoms with Gasteiger partial charge < -0.3 is 10.7 Å². The molecule has 7 heteroatoms. The van der Waals surface area contributed by atoms with Crippen molar-refractivity contribution >= 4 is 46.4 Å². The molecule has 0 aliphatic heterocycles. The fraction of sp³-hybridized carbons (Fsp3) is 0.467. The van der Waals surface area contributed by atoms with E-state index in [0.717, 1.165) is 29.0 Å². The third kappa shape index (κ3) is 4.66. The predicted molar refractivity (Wildman–Crippen MR) is 96.7 cm³/mol. The lowest BCUT2D eigenvalue weighted by molar-refractivity contribution is -0.117. The lowest BCUT2D eigenvalue weighted by atomic mass is 10.2. The van der Waals surface area contributed by atoms with E-state index in [2.05, 4.69) is 28.3 Å². The first-order chi connectivity index (χ1) is 10.6. The van der Waals surface area contributed by atoms with E-state index in [0.29, 0.717) is 12.4 Å². The van der Waals surface area contributed by atoms with E-state index >= 15 is 0 Å². The summed E-state index contributed by atoms with van der Waals surface area (Å²) in [6.07, 6.45) is 3.79. The van der Waals surface area contributed by atoms with Gasteiger partial charge in [-0.25, -0.2) is 4.98 Å². The van der Waals surface area contributed by atoms with Crippen molar-refractivity contribution in [2.24, 2.45) is 5.73 Å². The van der Waals surface area contributed by atoms with Crippen molar-refractivity contribution in [1.82, 2.24) is 9.97 Å². The molecule has 1 atom stereocenters. The number of carbonyl (C=O) groups is 1. The zero-order valence-electron chi connectivity index (χ0n) is 12.9. The minimum absolute atomic E-state index is 0.200. The number of benzene rings is 1. The number of imidazole rings is 1. The summed E-state index contributed by atoms with van der Waals surface area (Å²) in [5.74, 6) is 2.21. The smallest absolute Gasteiger partial charge is 0.243 e. The third-order valence-corrected chi connectivity index (χ3v) is 4.98. The van der Waals surface area contributed by atoms with Crippen molar-refractivity contribution < 1.29 is 4.79 Å². The van der Waals surface area contributed by atoms with Crippen LogP contribution >= 0.6 is 23.5 Å². The molecular formula is C15H22N4OS2. The zero-order chi connectivity index (χ0) is 15.9. The number of aromatic nitrogens is 2. The number of aromatic amines is 1. The van der Waals surface area contributed by atoms with Crippen molar-refractivity contribution in [2.45, 2.75) is 30.7 Å². The maximum absolute atomic E-state index is 12.0. The van der Waals surface area contributed by atoms with Gasteiger partial charge in [0, 0.05) is 4.90 Å². The number of nitrogens with one attached hydrogen (secondary N) is 2. The molecule has 1 heterocycles. The summed E-state index contributed by atoms with van der Waals surface area (Å²) >= 11 is 3.49. The van der Waals surface area contributed by atoms with Crippen LogP contribution in [0.2, 0.25) is 0 Å². The Morgan fingerprint density at radius 3 is 3.00 bits per heavy atom. The number of carbonyl (C=O) groups excluding carboxylic acids is 1. The number of H-pyrrole nitrogens is 1. The van der Waals surface area contributed by atoms with Crippen molar-refractivity contribution in [3.63, 3.8) is 0 Å². The van der Waals surface area contributed by atoms with Gasteiger partial charge in [-0.15, -0.1) is 11.8 Å². The maximum atomic E-state index is 12.0. The Hall–Kier alpha value is -1.18. The van der Waals surface area contributed by atoms with Crippen LogP contribution in [-0.2, 0) is 4.79 Å². The highest BCUT2D eigenvalue weighted by Crippen LogP contribution is 2.24. The summed E-state index contributed by atoms with van der Waals surface area (Å²) in [5, 5.41) is 2.76. The summed E-state index contributed by atoms with van der Waals surface area (Å²) in [7, 11) is 0. The summed E-state index contributed by atoms with van der Waals surface area (Å²) in [4.78, 5) is 20.7. The van der Waals surface area contributed by atoms with Crippen LogP contribution in [-0.4, -0.2) is 39.7 Å². The summed E-state index contributed by atoms with van der Waals surface area (Å²) in [6.45, 7) is 2.16. The molecule has 0 bridgehead atoms. The van der Waals surface area contributed by atoms with Crippen LogP contribution in [0.3, 0.4) is 0 Å². The predicted octanol–water partition coefficient (Wildman–Crippen LogP) is 3.08. The van der Waals surface area contributed by atoms with Crippen LogP contribution in [0, 0.1) is 0 Å². The highest BCUT2D eigenvalue weighted by Gasteiger charge is 2.14. The van der Waals surface area contributed by atoms with Gasteiger partial charge in [-0.3, -0.25) is 10.1 Å². The minimum Gasteiger partial charge on any atom is -0.324 e. The molecule has 22 heavy (non-hydrogen) atoms. The standard InChI is InChI=1S/C15H22N4OS2/c1-3-7-22-10-4-5-12-13(9-10)18-15(17-12)19-14(20)11(16)6-8-21-2/h4-5,9,11H,3,6-8,16H2,1-2H3,(H2,17,18,19,20). The molecule has 1 aromatic heterocycles. The third-order valence-electron chi connectivity index (χ3n) is 3.14. The molecule has 4 N–H and O–H groups in total. The normalized spacial score (nSPS) is 12.5. The molecule has 0 aliphatic rings. The first kappa shape index (κ1) is 17.2. The van der Waals surface area contributed by atoms with Gasteiger partial charge >= 0.3 is 0 Å². The number of rotatable bonds is 8. The van der Waals surface area contributed by atoms with Gasteiger partial charge in [0.05, 0.1) is 17.1 Å². The molecule has 0 aliphatic carbocycles. The number of anilines is 1. The summed E-state index contributed by atoms with van der Waals surface area (Å²) < 4.78 is 0. The van der Waals surface area contributed by atoms with Crippen molar-refractivity contribution in [3.8, 4) is 0 Å². The van der Waals surface area contributed by atoms with Gasteiger partial charge in [-0.05, 0) is 48.8 Å². The van der Waals surface area contributed by atoms with Gasteiger partial charge in [-0.2, -0.15) is 11.8 Å². The second kappa shape index (κ2) is 8.45. The Kier molecular flexibility index (Phi) is 6.60. The van der Waals surface area contributed by atoms with E-state index in [1.165, 1.54) is 4.90 Å². The number of thioether (sulfide) groups is 2. The Morgan fingerprint density at radius 1 is 1.45 bits per heavy atom. The average molecular weight is 339 g/mol. The van der Waals surface area contributed by atoms with Crippen LogP contribution in [0.25, 0.3) is 11.0 Å². The SMILES string of the molecule is CCCSc1ccc2[nH]c(NC(=O)C(N)CCSC)nc2c1. The van der Waals surface area contributed by atoms with Crippen LogP contribution in [0.4, 0.5) is 5.95 Å². The lowest BCUT2D eigenvalue weighted by Crippen LogP contribution is -2.36. The number of nitrogens with zero attached hydrogens (tertiary/aromatic N) is 1. The summed E-state index contributed by atoms with van der Waals surface area (Å²) in [6, 6.07) is 5.59. The summed E-state index contributed by atoms with van der Waals surface area (Å²) in [5.41, 5.74) is 7.62. The Balaban J connectivity index is 2.04. The van der Waals surface area contributed by atoms with Gasteiger partial charge in [0.2, 0.25) is 11.9 Å². The fourth-order valence-corrected chi connectivity index (χ4v) is 3.23. The van der Waals surface area contributed by atoms with E-state index in [1.54, 1.807) is 11.8 Å². The van der Waals surface area contributed by atoms with Crippen molar-refractivity contribution in [2.75, 3.05) is 23.1 Å². The number of nitrogens with two attached hydrogens (primary N) is 1. The van der Waals surface area contributed by atoms with Gasteiger partial charge in [0.15, 0.2) is 0 Å². The highest BCUT2D eigenvalue weighted by molar-refractivity contribution is 7.99. The first-order valence-electron chi connectivity index (χ1n) is 7.32. The minimum atomic E-state index is -0.503. The molecule has 2 rings (SSSR count). The largest absolute Gasteiger partial charge is 0.324 e. The Labute approximate surface area is 139 Å². The van der Waals surface area contributed by atoms with Crippen LogP contribution in [0.15, 0.2) is 23.1 Å². The molecule has 1 unspecified atom stereocenters. The number of amides is 1. The molecule has 0 saturated heterocycles. The van der Waals surface area contributed by atoms with E-state index in [4.69, 9.17) is 5.73 Å². The van der Waals surface area contributed by atoms with Crippen molar-refractivity contribution in [3.05, 3.63) is 18.2 Å². The number of hydrogen-bond acceptors (Lipinski definition) is 5. The molecule has 5 nitrogen and oxygen atoms in total. The molecule has 0 fully saturated rings. The van der Waals surface area contributed by atoms with Crippen LogP contribution < -0.4 is 11.1 Å². The zero-order valence-corrected chi connectivity index (χ0v) is 14.5. The van der Waals surface area contributed by atoms with Crippen LogP contribution in [0.5, 0.6) is 0 Å². The molecule has 2 aromatic rings. The number of fused-ring (bicyclic) bond motifs is 1.